The third-order valence-electron chi connectivity index (χ3n) is 4.59. The van der Waals surface area contributed by atoms with E-state index in [4.69, 9.17) is 21.6 Å². The number of carbonyl (C=O) groups is 1. The molecule has 1 N–H and O–H groups in total. The van der Waals surface area contributed by atoms with Crippen LogP contribution in [0.5, 0.6) is 0 Å². The molecule has 1 saturated heterocycles. The summed E-state index contributed by atoms with van der Waals surface area (Å²) in [6.45, 7) is 8.67. The van der Waals surface area contributed by atoms with Gasteiger partial charge in [-0.25, -0.2) is 4.98 Å². The summed E-state index contributed by atoms with van der Waals surface area (Å²) in [5, 5.41) is 10.9. The number of hydrogen-bond donors (Lipinski definition) is 1. The summed E-state index contributed by atoms with van der Waals surface area (Å²) in [4.78, 5) is 23.2. The maximum atomic E-state index is 12.8. The number of hydrogen-bond acceptors (Lipinski definition) is 7. The Morgan fingerprint density at radius 2 is 2.03 bits per heavy atom. The first-order chi connectivity index (χ1) is 14.5. The Bertz CT molecular complexity index is 907. The first-order valence-corrected chi connectivity index (χ1v) is 10.2. The molecule has 8 nitrogen and oxygen atoms in total. The number of hydrazine groups is 1. The number of nitriles is 1. The Balaban J connectivity index is 1.71. The van der Waals surface area contributed by atoms with Crippen molar-refractivity contribution in [3.8, 4) is 6.07 Å². The van der Waals surface area contributed by atoms with E-state index in [1.54, 1.807) is 17.1 Å². The normalized spacial score (nSPS) is 14.4. The largest absolute Gasteiger partial charge is 0.379 e. The Kier molecular flexibility index (Phi) is 7.57. The molecule has 1 aliphatic heterocycles. The Labute approximate surface area is 181 Å². The summed E-state index contributed by atoms with van der Waals surface area (Å²) in [5.74, 6) is 0.235. The molecule has 0 unspecified atom stereocenters. The number of nitrogens with one attached hydrogen (secondary N) is 1. The van der Waals surface area contributed by atoms with Crippen molar-refractivity contribution < 1.29 is 9.53 Å². The van der Waals surface area contributed by atoms with Crippen molar-refractivity contribution in [2.45, 2.75) is 20.4 Å². The zero-order chi connectivity index (χ0) is 21.5. The van der Waals surface area contributed by atoms with E-state index in [-0.39, 0.29) is 22.7 Å². The van der Waals surface area contributed by atoms with Crippen LogP contribution in [0.2, 0.25) is 5.02 Å². The van der Waals surface area contributed by atoms with Gasteiger partial charge in [-0.15, -0.1) is 0 Å². The lowest BCUT2D eigenvalue weighted by atomic mass is 10.1. The van der Waals surface area contributed by atoms with Gasteiger partial charge >= 0.3 is 0 Å². The first kappa shape index (κ1) is 22.0. The lowest BCUT2D eigenvalue weighted by Gasteiger charge is -2.27. The van der Waals surface area contributed by atoms with Crippen LogP contribution < -0.4 is 10.4 Å². The van der Waals surface area contributed by atoms with E-state index in [1.165, 1.54) is 6.20 Å². The summed E-state index contributed by atoms with van der Waals surface area (Å²) in [7, 11) is 0. The fourth-order valence-electron chi connectivity index (χ4n) is 3.12. The fourth-order valence-corrected chi connectivity index (χ4v) is 3.31. The summed E-state index contributed by atoms with van der Waals surface area (Å²) in [6, 6.07) is 9.43. The predicted molar refractivity (Wildman–Crippen MR) is 114 cm³/mol. The highest BCUT2D eigenvalue weighted by molar-refractivity contribution is 6.32. The molecule has 0 bridgehead atoms. The van der Waals surface area contributed by atoms with Gasteiger partial charge < -0.3 is 4.74 Å². The second kappa shape index (κ2) is 10.3. The lowest BCUT2D eigenvalue weighted by Crippen LogP contribution is -2.45. The number of benzene rings is 1. The van der Waals surface area contributed by atoms with E-state index in [2.05, 4.69) is 20.3 Å². The van der Waals surface area contributed by atoms with Crippen LogP contribution in [0.4, 0.5) is 5.82 Å². The molecular weight excluding hydrogens is 404 g/mol. The maximum absolute atomic E-state index is 12.8. The minimum atomic E-state index is -0.276. The molecule has 0 atom stereocenters. The molecule has 1 aromatic heterocycles. The van der Waals surface area contributed by atoms with Crippen LogP contribution in [0, 0.1) is 17.2 Å². The summed E-state index contributed by atoms with van der Waals surface area (Å²) >= 11 is 6.23. The number of morpholine rings is 1. The van der Waals surface area contributed by atoms with Crippen LogP contribution in [0.3, 0.4) is 0 Å². The zero-order valence-corrected chi connectivity index (χ0v) is 17.9. The molecule has 9 heteroatoms. The van der Waals surface area contributed by atoms with Crippen molar-refractivity contribution in [1.29, 1.82) is 5.26 Å². The predicted octanol–water partition coefficient (Wildman–Crippen LogP) is 2.64. The van der Waals surface area contributed by atoms with Gasteiger partial charge in [-0.1, -0.05) is 37.6 Å². The zero-order valence-electron chi connectivity index (χ0n) is 17.1. The van der Waals surface area contributed by atoms with Crippen molar-refractivity contribution in [2.75, 3.05) is 37.9 Å². The van der Waals surface area contributed by atoms with Gasteiger partial charge in [0.1, 0.15) is 11.1 Å². The van der Waals surface area contributed by atoms with E-state index in [1.807, 2.05) is 32.0 Å². The highest BCUT2D eigenvalue weighted by atomic mass is 35.5. The number of nitrogens with zero attached hydrogens (tertiary/aromatic N) is 5. The summed E-state index contributed by atoms with van der Waals surface area (Å²) in [5.41, 5.74) is 4.53. The van der Waals surface area contributed by atoms with Crippen LogP contribution in [-0.4, -0.2) is 53.6 Å². The molecule has 158 valence electrons. The molecule has 2 heterocycles. The standard InChI is InChI=1S/C21H25ClN6O2/c1-15(2)13-28(20-18(22)12-24-19(11-23)25-20)26-21(29)17-5-3-16(4-6-17)14-27-7-9-30-10-8-27/h3-6,12,15H,7-10,13-14H2,1-2H3,(H,26,29). The van der Waals surface area contributed by atoms with E-state index in [0.717, 1.165) is 38.4 Å². The van der Waals surface area contributed by atoms with E-state index >= 15 is 0 Å². The highest BCUT2D eigenvalue weighted by Gasteiger charge is 2.19. The molecule has 2 aromatic rings. The van der Waals surface area contributed by atoms with E-state index < -0.39 is 0 Å². The summed E-state index contributed by atoms with van der Waals surface area (Å²) in [6.07, 6.45) is 1.36. The van der Waals surface area contributed by atoms with Gasteiger partial charge in [0.15, 0.2) is 5.82 Å². The van der Waals surface area contributed by atoms with Crippen LogP contribution in [0.25, 0.3) is 0 Å². The molecule has 3 rings (SSSR count). The van der Waals surface area contributed by atoms with Crippen molar-refractivity contribution in [3.63, 3.8) is 0 Å². The second-order valence-electron chi connectivity index (χ2n) is 7.51. The van der Waals surface area contributed by atoms with Gasteiger partial charge in [-0.05, 0) is 23.6 Å². The number of ether oxygens (including phenoxy) is 1. The lowest BCUT2D eigenvalue weighted by molar-refractivity contribution is 0.0342. The molecule has 0 radical (unpaired) electrons. The Hall–Kier alpha value is -2.73. The van der Waals surface area contributed by atoms with Gasteiger partial charge in [-0.2, -0.15) is 10.2 Å². The maximum Gasteiger partial charge on any atom is 0.269 e. The van der Waals surface area contributed by atoms with Crippen LogP contribution in [0.1, 0.15) is 35.6 Å². The van der Waals surface area contributed by atoms with Crippen molar-refractivity contribution in [1.82, 2.24) is 20.3 Å². The van der Waals surface area contributed by atoms with Crippen molar-refractivity contribution in [3.05, 3.63) is 52.4 Å². The van der Waals surface area contributed by atoms with Gasteiger partial charge in [0.05, 0.1) is 19.4 Å². The molecule has 1 amide bonds. The average molecular weight is 429 g/mol. The third kappa shape index (κ3) is 5.89. The molecule has 1 aromatic carbocycles. The van der Waals surface area contributed by atoms with Crippen molar-refractivity contribution >= 4 is 23.3 Å². The first-order valence-electron chi connectivity index (χ1n) is 9.86. The molecule has 0 saturated carbocycles. The van der Waals surface area contributed by atoms with Crippen LogP contribution in [-0.2, 0) is 11.3 Å². The van der Waals surface area contributed by atoms with Crippen LogP contribution in [0.15, 0.2) is 30.5 Å². The molecule has 1 fully saturated rings. The number of rotatable bonds is 7. The molecule has 30 heavy (non-hydrogen) atoms. The number of carbonyl (C=O) groups excluding carboxylic acids is 1. The van der Waals surface area contributed by atoms with Gasteiger partial charge in [0.25, 0.3) is 5.91 Å². The molecule has 1 aliphatic rings. The Morgan fingerprint density at radius 1 is 1.33 bits per heavy atom. The fraction of sp³-hybridized carbons (Fsp3) is 0.429. The molecule has 0 aliphatic carbocycles. The van der Waals surface area contributed by atoms with Gasteiger partial charge in [0.2, 0.25) is 5.82 Å². The minimum Gasteiger partial charge on any atom is -0.379 e. The summed E-state index contributed by atoms with van der Waals surface area (Å²) < 4.78 is 5.38. The number of anilines is 1. The quantitative estimate of drug-likeness (QED) is 0.677. The number of amides is 1. The SMILES string of the molecule is CC(C)CN(NC(=O)c1ccc(CN2CCOCC2)cc1)c1nc(C#N)ncc1Cl. The second-order valence-corrected chi connectivity index (χ2v) is 7.91. The van der Waals surface area contributed by atoms with E-state index in [9.17, 15) is 4.79 Å². The average Bonchev–Trinajstić information content (AvgIpc) is 2.74. The topological polar surface area (TPSA) is 94.4 Å². The van der Waals surface area contributed by atoms with E-state index in [0.29, 0.717) is 17.9 Å². The van der Waals surface area contributed by atoms with Crippen molar-refractivity contribution in [2.24, 2.45) is 5.92 Å². The van der Waals surface area contributed by atoms with Gasteiger partial charge in [-0.3, -0.25) is 20.1 Å². The van der Waals surface area contributed by atoms with Gasteiger partial charge in [0, 0.05) is 31.7 Å². The monoisotopic (exact) mass is 428 g/mol. The number of halogens is 1. The number of aromatic nitrogens is 2. The van der Waals surface area contributed by atoms with Crippen LogP contribution >= 0.6 is 11.6 Å². The third-order valence-corrected chi connectivity index (χ3v) is 4.86. The molecular formula is C21H25ClN6O2. The smallest absolute Gasteiger partial charge is 0.269 e. The Morgan fingerprint density at radius 3 is 2.67 bits per heavy atom. The molecule has 0 spiro atoms. The highest BCUT2D eigenvalue weighted by Crippen LogP contribution is 2.22. The minimum absolute atomic E-state index is 0.00938.